The van der Waals surface area contributed by atoms with Gasteiger partial charge in [0.15, 0.2) is 0 Å². The van der Waals surface area contributed by atoms with Crippen molar-refractivity contribution in [3.05, 3.63) is 114 Å². The van der Waals surface area contributed by atoms with Crippen LogP contribution in [0.1, 0.15) is 27.0 Å². The Hall–Kier alpha value is -4.25. The van der Waals surface area contributed by atoms with E-state index in [1.165, 1.54) is 4.90 Å². The molecule has 0 radical (unpaired) electrons. The number of carbonyl (C=O) groups excluding carboxylic acids is 2. The fourth-order valence-electron chi connectivity index (χ4n) is 3.83. The summed E-state index contributed by atoms with van der Waals surface area (Å²) in [6.45, 7) is 1.89. The number of aryl methyl sites for hydroxylation is 1. The normalized spacial score (nSPS) is 14.7. The third-order valence-corrected chi connectivity index (χ3v) is 5.37. The lowest BCUT2D eigenvalue weighted by Crippen LogP contribution is -2.42. The fraction of sp³-hybridized carbons (Fsp3) is 0.0385. The van der Waals surface area contributed by atoms with Crippen LogP contribution >= 0.6 is 0 Å². The molecule has 5 nitrogen and oxygen atoms in total. The number of benzene rings is 3. The Morgan fingerprint density at radius 3 is 2.23 bits per heavy atom. The van der Waals surface area contributed by atoms with E-state index >= 15 is 0 Å². The van der Waals surface area contributed by atoms with Crippen LogP contribution in [0.4, 0.5) is 5.69 Å². The van der Waals surface area contributed by atoms with Crippen LogP contribution in [0.3, 0.4) is 0 Å². The van der Waals surface area contributed by atoms with Gasteiger partial charge in [-0.25, -0.2) is 9.58 Å². The van der Waals surface area contributed by atoms with Gasteiger partial charge in [-0.1, -0.05) is 54.6 Å². The number of anilines is 1. The maximum Gasteiger partial charge on any atom is 0.265 e. The molecule has 0 spiro atoms. The van der Waals surface area contributed by atoms with Crippen LogP contribution in [0.5, 0.6) is 0 Å². The smallest absolute Gasteiger partial charge is 0.265 e. The minimum absolute atomic E-state index is 0.313. The number of fused-ring (bicyclic) bond motifs is 1. The zero-order chi connectivity index (χ0) is 21.4. The van der Waals surface area contributed by atoms with Gasteiger partial charge in [0.1, 0.15) is 0 Å². The molecule has 0 unspecified atom stereocenters. The molecular formula is C26H19N3O2. The highest BCUT2D eigenvalue weighted by Crippen LogP contribution is 2.34. The Bertz CT molecular complexity index is 1340. The van der Waals surface area contributed by atoms with Gasteiger partial charge in [0, 0.05) is 22.9 Å². The van der Waals surface area contributed by atoms with Crippen LogP contribution in [-0.2, 0) is 4.79 Å². The third-order valence-electron chi connectivity index (χ3n) is 5.37. The molecule has 3 aromatic carbocycles. The van der Waals surface area contributed by atoms with E-state index in [1.54, 1.807) is 29.1 Å². The molecule has 0 saturated carbocycles. The number of imide groups is 1. The van der Waals surface area contributed by atoms with Crippen molar-refractivity contribution in [2.24, 2.45) is 0 Å². The summed E-state index contributed by atoms with van der Waals surface area (Å²) in [5.74, 6) is -0.655. The topological polar surface area (TPSA) is 55.2 Å². The predicted molar refractivity (Wildman–Crippen MR) is 121 cm³/mol. The van der Waals surface area contributed by atoms with E-state index in [9.17, 15) is 9.59 Å². The second kappa shape index (κ2) is 7.54. The minimum atomic E-state index is -0.342. The first-order chi connectivity index (χ1) is 15.1. The average molecular weight is 405 g/mol. The lowest BCUT2D eigenvalue weighted by atomic mass is 9.91. The number of rotatable bonds is 3. The maximum absolute atomic E-state index is 13.5. The molecule has 0 N–H and O–H groups in total. The molecule has 0 atom stereocenters. The molecule has 2 amide bonds. The van der Waals surface area contributed by atoms with Gasteiger partial charge in [-0.05, 0) is 48.4 Å². The van der Waals surface area contributed by atoms with Crippen molar-refractivity contribution in [2.45, 2.75) is 6.92 Å². The van der Waals surface area contributed by atoms with E-state index in [0.717, 1.165) is 16.8 Å². The molecular weight excluding hydrogens is 386 g/mol. The molecule has 0 aliphatic carbocycles. The molecule has 5 heteroatoms. The standard InChI is InChI=1S/C26H19N3O2/c1-18-9-5-8-14-24(18)29-25(30)22-13-7-6-12-21(22)23(26(29)31)15-19-16-27-28(17-19)20-10-3-2-4-11-20/h2-17H,1H3. The second-order valence-corrected chi connectivity index (χ2v) is 7.39. The Morgan fingerprint density at radius 2 is 1.45 bits per heavy atom. The summed E-state index contributed by atoms with van der Waals surface area (Å²) in [4.78, 5) is 28.0. The van der Waals surface area contributed by atoms with E-state index in [0.29, 0.717) is 22.4 Å². The molecule has 5 rings (SSSR count). The number of para-hydroxylation sites is 2. The summed E-state index contributed by atoms with van der Waals surface area (Å²) >= 11 is 0. The van der Waals surface area contributed by atoms with Crippen molar-refractivity contribution in [1.29, 1.82) is 0 Å². The summed E-state index contributed by atoms with van der Waals surface area (Å²) in [5, 5.41) is 4.42. The fourth-order valence-corrected chi connectivity index (χ4v) is 3.83. The molecule has 1 aliphatic rings. The largest absolute Gasteiger partial charge is 0.268 e. The molecule has 31 heavy (non-hydrogen) atoms. The van der Waals surface area contributed by atoms with Gasteiger partial charge in [0.25, 0.3) is 11.8 Å². The van der Waals surface area contributed by atoms with Crippen molar-refractivity contribution in [3.8, 4) is 5.69 Å². The number of carbonyl (C=O) groups is 2. The average Bonchev–Trinajstić information content (AvgIpc) is 3.27. The molecule has 150 valence electrons. The van der Waals surface area contributed by atoms with Crippen molar-refractivity contribution in [2.75, 3.05) is 4.90 Å². The zero-order valence-corrected chi connectivity index (χ0v) is 16.9. The summed E-state index contributed by atoms with van der Waals surface area (Å²) < 4.78 is 1.76. The lowest BCUT2D eigenvalue weighted by molar-refractivity contribution is -0.112. The molecule has 1 aromatic heterocycles. The second-order valence-electron chi connectivity index (χ2n) is 7.39. The lowest BCUT2D eigenvalue weighted by Gasteiger charge is -2.29. The molecule has 0 saturated heterocycles. The summed E-state index contributed by atoms with van der Waals surface area (Å²) in [5.41, 5.74) is 4.77. The van der Waals surface area contributed by atoms with E-state index in [2.05, 4.69) is 5.10 Å². The Balaban J connectivity index is 1.63. The highest BCUT2D eigenvalue weighted by atomic mass is 16.2. The van der Waals surface area contributed by atoms with E-state index in [1.807, 2.05) is 79.9 Å². The van der Waals surface area contributed by atoms with Crippen LogP contribution in [0, 0.1) is 6.92 Å². The number of aromatic nitrogens is 2. The maximum atomic E-state index is 13.5. The monoisotopic (exact) mass is 405 g/mol. The SMILES string of the molecule is Cc1ccccc1N1C(=O)C(=Cc2cnn(-c3ccccc3)c2)c2ccccc2C1=O. The number of hydrogen-bond donors (Lipinski definition) is 0. The van der Waals surface area contributed by atoms with Gasteiger partial charge >= 0.3 is 0 Å². The van der Waals surface area contributed by atoms with Gasteiger partial charge < -0.3 is 0 Å². The van der Waals surface area contributed by atoms with Gasteiger partial charge in [-0.2, -0.15) is 5.10 Å². The van der Waals surface area contributed by atoms with Crippen LogP contribution in [0.2, 0.25) is 0 Å². The molecule has 4 aromatic rings. The molecule has 0 fully saturated rings. The number of nitrogens with zero attached hydrogens (tertiary/aromatic N) is 3. The Morgan fingerprint density at radius 1 is 0.774 bits per heavy atom. The summed E-state index contributed by atoms with van der Waals surface area (Å²) in [6, 6.07) is 24.4. The van der Waals surface area contributed by atoms with Crippen molar-refractivity contribution in [3.63, 3.8) is 0 Å². The van der Waals surface area contributed by atoms with Crippen molar-refractivity contribution < 1.29 is 9.59 Å². The molecule has 0 bridgehead atoms. The quantitative estimate of drug-likeness (QED) is 0.360. The molecule has 2 heterocycles. The van der Waals surface area contributed by atoms with E-state index in [-0.39, 0.29) is 11.8 Å². The van der Waals surface area contributed by atoms with Gasteiger partial charge in [-0.3, -0.25) is 9.59 Å². The van der Waals surface area contributed by atoms with Crippen molar-refractivity contribution >= 4 is 29.2 Å². The number of hydrogen-bond acceptors (Lipinski definition) is 3. The highest BCUT2D eigenvalue weighted by molar-refractivity contribution is 6.43. The van der Waals surface area contributed by atoms with Crippen molar-refractivity contribution in [1.82, 2.24) is 9.78 Å². The first-order valence-corrected chi connectivity index (χ1v) is 9.99. The van der Waals surface area contributed by atoms with Gasteiger partial charge in [0.05, 0.1) is 17.6 Å². The Labute approximate surface area is 179 Å². The van der Waals surface area contributed by atoms with Crippen LogP contribution in [-0.4, -0.2) is 21.6 Å². The van der Waals surface area contributed by atoms with Gasteiger partial charge in [0.2, 0.25) is 0 Å². The van der Waals surface area contributed by atoms with E-state index in [4.69, 9.17) is 0 Å². The minimum Gasteiger partial charge on any atom is -0.268 e. The van der Waals surface area contributed by atoms with Crippen LogP contribution in [0.15, 0.2) is 91.3 Å². The number of amides is 2. The molecule has 1 aliphatic heterocycles. The zero-order valence-electron chi connectivity index (χ0n) is 16.9. The first-order valence-electron chi connectivity index (χ1n) is 9.99. The van der Waals surface area contributed by atoms with E-state index < -0.39 is 0 Å². The Kier molecular flexibility index (Phi) is 4.56. The predicted octanol–water partition coefficient (Wildman–Crippen LogP) is 4.91. The van der Waals surface area contributed by atoms with Gasteiger partial charge in [-0.15, -0.1) is 0 Å². The third kappa shape index (κ3) is 3.26. The van der Waals surface area contributed by atoms with Crippen LogP contribution < -0.4 is 4.90 Å². The highest BCUT2D eigenvalue weighted by Gasteiger charge is 2.36. The summed E-state index contributed by atoms with van der Waals surface area (Å²) in [7, 11) is 0. The first kappa shape index (κ1) is 18.8. The van der Waals surface area contributed by atoms with Crippen LogP contribution in [0.25, 0.3) is 17.3 Å². The summed E-state index contributed by atoms with van der Waals surface area (Å²) in [6.07, 6.45) is 5.38.